The van der Waals surface area contributed by atoms with E-state index in [1.807, 2.05) is 13.0 Å². The van der Waals surface area contributed by atoms with Gasteiger partial charge in [0.1, 0.15) is 5.76 Å². The number of anilines is 1. The quantitative estimate of drug-likeness (QED) is 0.365. The Morgan fingerprint density at radius 1 is 1.16 bits per heavy atom. The Morgan fingerprint density at radius 3 is 2.65 bits per heavy atom. The van der Waals surface area contributed by atoms with Crippen LogP contribution < -0.4 is 4.90 Å². The third kappa shape index (κ3) is 4.81. The van der Waals surface area contributed by atoms with E-state index in [0.717, 1.165) is 15.8 Å². The van der Waals surface area contributed by atoms with Crippen molar-refractivity contribution in [2.24, 2.45) is 0 Å². The molecular formula is C22H19ClN2O4S2. The first kappa shape index (κ1) is 21.5. The molecule has 4 rings (SSSR count). The van der Waals surface area contributed by atoms with Crippen molar-refractivity contribution < 1.29 is 17.6 Å². The van der Waals surface area contributed by atoms with E-state index in [2.05, 4.69) is 4.98 Å². The summed E-state index contributed by atoms with van der Waals surface area (Å²) >= 11 is 7.50. The van der Waals surface area contributed by atoms with E-state index in [9.17, 15) is 13.2 Å². The number of carbonyl (C=O) groups excluding carboxylic acids is 1. The van der Waals surface area contributed by atoms with E-state index in [4.69, 9.17) is 16.0 Å². The molecule has 4 aromatic rings. The van der Waals surface area contributed by atoms with Gasteiger partial charge in [-0.25, -0.2) is 13.4 Å². The minimum atomic E-state index is -3.58. The van der Waals surface area contributed by atoms with Gasteiger partial charge in [0, 0.05) is 11.4 Å². The van der Waals surface area contributed by atoms with Crippen LogP contribution in [-0.4, -0.2) is 25.1 Å². The molecule has 0 atom stereocenters. The molecule has 0 spiro atoms. The van der Waals surface area contributed by atoms with Crippen molar-refractivity contribution in [3.63, 3.8) is 0 Å². The number of rotatable bonds is 7. The zero-order valence-electron chi connectivity index (χ0n) is 16.6. The average molecular weight is 475 g/mol. The topological polar surface area (TPSA) is 80.5 Å². The summed E-state index contributed by atoms with van der Waals surface area (Å²) in [5.74, 6) is -0.0627. The summed E-state index contributed by atoms with van der Waals surface area (Å²) in [5, 5.41) is 1.07. The van der Waals surface area contributed by atoms with Gasteiger partial charge in [0.25, 0.3) is 0 Å². The van der Waals surface area contributed by atoms with Gasteiger partial charge in [0.15, 0.2) is 15.0 Å². The Labute approximate surface area is 189 Å². The summed E-state index contributed by atoms with van der Waals surface area (Å²) in [6.45, 7) is 2.06. The lowest BCUT2D eigenvalue weighted by Crippen LogP contribution is -2.31. The minimum Gasteiger partial charge on any atom is -0.467 e. The number of aromatic nitrogens is 1. The number of carbonyl (C=O) groups is 1. The maximum absolute atomic E-state index is 13.1. The van der Waals surface area contributed by atoms with Gasteiger partial charge >= 0.3 is 0 Å². The molecule has 1 amide bonds. The van der Waals surface area contributed by atoms with Crippen molar-refractivity contribution in [2.45, 2.75) is 24.8 Å². The second-order valence-corrected chi connectivity index (χ2v) is 10.6. The maximum Gasteiger partial charge on any atom is 0.230 e. The molecule has 6 nitrogen and oxygen atoms in total. The number of benzene rings is 2. The fraction of sp³-hybridized carbons (Fsp3) is 0.182. The van der Waals surface area contributed by atoms with Gasteiger partial charge in [0.2, 0.25) is 5.91 Å². The first-order valence-corrected chi connectivity index (χ1v) is 12.4. The van der Waals surface area contributed by atoms with Crippen LogP contribution in [0.4, 0.5) is 5.13 Å². The molecule has 0 unspecified atom stereocenters. The molecule has 2 heterocycles. The van der Waals surface area contributed by atoms with Gasteiger partial charge < -0.3 is 4.42 Å². The van der Waals surface area contributed by atoms with E-state index in [1.165, 1.54) is 34.6 Å². The molecule has 0 radical (unpaired) electrons. The van der Waals surface area contributed by atoms with E-state index < -0.39 is 9.84 Å². The zero-order valence-corrected chi connectivity index (χ0v) is 19.0. The van der Waals surface area contributed by atoms with Crippen LogP contribution in [0.25, 0.3) is 10.2 Å². The van der Waals surface area contributed by atoms with Gasteiger partial charge in [-0.2, -0.15) is 0 Å². The summed E-state index contributed by atoms with van der Waals surface area (Å²) in [4.78, 5) is 19.4. The molecule has 0 aliphatic carbocycles. The van der Waals surface area contributed by atoms with Crippen molar-refractivity contribution in [1.29, 1.82) is 0 Å². The van der Waals surface area contributed by atoms with Crippen molar-refractivity contribution in [3.05, 3.63) is 77.2 Å². The molecular weight excluding hydrogens is 456 g/mol. The minimum absolute atomic E-state index is 0.157. The van der Waals surface area contributed by atoms with Gasteiger partial charge in [-0.15, -0.1) is 0 Å². The number of thiazole rings is 1. The Morgan fingerprint density at radius 2 is 1.94 bits per heavy atom. The fourth-order valence-corrected chi connectivity index (χ4v) is 5.87. The van der Waals surface area contributed by atoms with Crippen LogP contribution in [-0.2, 0) is 21.2 Å². The van der Waals surface area contributed by atoms with E-state index >= 15 is 0 Å². The summed E-state index contributed by atoms with van der Waals surface area (Å²) < 4.78 is 31.5. The van der Waals surface area contributed by atoms with Crippen LogP contribution >= 0.6 is 22.9 Å². The second-order valence-electron chi connectivity index (χ2n) is 7.01. The highest BCUT2D eigenvalue weighted by Gasteiger charge is 2.24. The van der Waals surface area contributed by atoms with Crippen LogP contribution in [0.3, 0.4) is 0 Å². The monoisotopic (exact) mass is 474 g/mol. The van der Waals surface area contributed by atoms with E-state index in [0.29, 0.717) is 15.9 Å². The SMILES string of the molecule is Cc1cc(Cl)cc2sc(N(Cc3ccco3)C(=O)CCS(=O)(=O)c3ccccc3)nc12. The molecule has 0 aliphatic heterocycles. The number of hydrogen-bond donors (Lipinski definition) is 0. The van der Waals surface area contributed by atoms with Crippen LogP contribution in [0.5, 0.6) is 0 Å². The summed E-state index contributed by atoms with van der Waals surface area (Å²) in [6.07, 6.45) is 1.35. The Kier molecular flexibility index (Phi) is 6.13. The Bertz CT molecular complexity index is 1320. The first-order chi connectivity index (χ1) is 14.8. The number of fused-ring (bicyclic) bond motifs is 1. The summed E-state index contributed by atoms with van der Waals surface area (Å²) in [6, 6.07) is 15.2. The molecule has 0 fully saturated rings. The number of halogens is 1. The molecule has 160 valence electrons. The maximum atomic E-state index is 13.1. The number of sulfone groups is 1. The van der Waals surface area contributed by atoms with E-state index in [1.54, 1.807) is 36.4 Å². The lowest BCUT2D eigenvalue weighted by Gasteiger charge is -2.18. The molecule has 0 saturated heterocycles. The van der Waals surface area contributed by atoms with Crippen molar-refractivity contribution in [3.8, 4) is 0 Å². The van der Waals surface area contributed by atoms with Crippen LogP contribution in [0, 0.1) is 6.92 Å². The molecule has 0 aliphatic rings. The van der Waals surface area contributed by atoms with E-state index in [-0.39, 0.29) is 29.5 Å². The predicted octanol–water partition coefficient (Wildman–Crippen LogP) is 5.25. The second kappa shape index (κ2) is 8.82. The lowest BCUT2D eigenvalue weighted by atomic mass is 10.2. The number of nitrogens with zero attached hydrogens (tertiary/aromatic N) is 2. The molecule has 31 heavy (non-hydrogen) atoms. The van der Waals surface area contributed by atoms with Crippen molar-refractivity contribution in [1.82, 2.24) is 4.98 Å². The molecule has 0 bridgehead atoms. The molecule has 9 heteroatoms. The number of aryl methyl sites for hydroxylation is 1. The Hall–Kier alpha value is -2.68. The van der Waals surface area contributed by atoms with Gasteiger partial charge in [0.05, 0.1) is 33.7 Å². The van der Waals surface area contributed by atoms with Crippen molar-refractivity contribution in [2.75, 3.05) is 10.7 Å². The smallest absolute Gasteiger partial charge is 0.230 e. The Balaban J connectivity index is 1.62. The number of furan rings is 1. The van der Waals surface area contributed by atoms with Crippen LogP contribution in [0.2, 0.25) is 5.02 Å². The van der Waals surface area contributed by atoms with Gasteiger partial charge in [-0.05, 0) is 48.9 Å². The lowest BCUT2D eigenvalue weighted by molar-refractivity contribution is -0.118. The standard InChI is InChI=1S/C22H19ClN2O4S2/c1-15-12-16(23)13-19-21(15)24-22(30-19)25(14-17-6-5-10-29-17)20(26)9-11-31(27,28)18-7-3-2-4-8-18/h2-8,10,12-13H,9,11,14H2,1H3. The highest BCUT2D eigenvalue weighted by atomic mass is 35.5. The average Bonchev–Trinajstić information content (AvgIpc) is 3.40. The molecule has 2 aromatic heterocycles. The van der Waals surface area contributed by atoms with Gasteiger partial charge in [-0.1, -0.05) is 41.1 Å². The highest BCUT2D eigenvalue weighted by molar-refractivity contribution is 7.91. The third-order valence-corrected chi connectivity index (χ3v) is 7.73. The number of amides is 1. The van der Waals surface area contributed by atoms with Crippen LogP contribution in [0.1, 0.15) is 17.7 Å². The normalized spacial score (nSPS) is 11.7. The molecule has 0 saturated carbocycles. The third-order valence-electron chi connectivity index (χ3n) is 4.75. The summed E-state index contributed by atoms with van der Waals surface area (Å²) in [7, 11) is -3.58. The first-order valence-electron chi connectivity index (χ1n) is 9.51. The van der Waals surface area contributed by atoms with Crippen molar-refractivity contribution >= 4 is 54.0 Å². The van der Waals surface area contributed by atoms with Crippen LogP contribution in [0.15, 0.2) is 70.2 Å². The number of hydrogen-bond acceptors (Lipinski definition) is 6. The summed E-state index contributed by atoms with van der Waals surface area (Å²) in [5.41, 5.74) is 1.67. The molecule has 2 aromatic carbocycles. The molecule has 0 N–H and O–H groups in total. The van der Waals surface area contributed by atoms with Gasteiger partial charge in [-0.3, -0.25) is 9.69 Å². The zero-order chi connectivity index (χ0) is 22.0. The largest absolute Gasteiger partial charge is 0.467 e. The fourth-order valence-electron chi connectivity index (χ4n) is 3.18. The predicted molar refractivity (Wildman–Crippen MR) is 122 cm³/mol. The highest BCUT2D eigenvalue weighted by Crippen LogP contribution is 2.34.